The zero-order chi connectivity index (χ0) is 13.8. The van der Waals surface area contributed by atoms with Crippen LogP contribution in [0.1, 0.15) is 12.0 Å². The summed E-state index contributed by atoms with van der Waals surface area (Å²) >= 11 is 0. The zero-order valence-corrected chi connectivity index (χ0v) is 10.1. The smallest absolute Gasteiger partial charge is 0.323 e. The van der Waals surface area contributed by atoms with Crippen molar-refractivity contribution in [3.05, 3.63) is 29.8 Å². The molecule has 19 heavy (non-hydrogen) atoms. The summed E-state index contributed by atoms with van der Waals surface area (Å²) < 4.78 is 5.51. The maximum Gasteiger partial charge on any atom is 0.323 e. The van der Waals surface area contributed by atoms with Gasteiger partial charge >= 0.3 is 5.97 Å². The molecule has 1 saturated heterocycles. The first-order valence-corrected chi connectivity index (χ1v) is 5.77. The van der Waals surface area contributed by atoms with Gasteiger partial charge in [0.25, 0.3) is 5.91 Å². The van der Waals surface area contributed by atoms with Crippen LogP contribution in [0.3, 0.4) is 0 Å². The molecular weight excluding hydrogens is 248 g/mol. The summed E-state index contributed by atoms with van der Waals surface area (Å²) in [5.41, 5.74) is 0.512. The third kappa shape index (κ3) is 3.01. The molecule has 1 aliphatic rings. The Morgan fingerprint density at radius 2 is 2.16 bits per heavy atom. The number of hydrogen-bond donors (Lipinski definition) is 1. The molecule has 0 spiro atoms. The molecule has 1 N–H and O–H groups in total. The Balaban J connectivity index is 1.98. The summed E-state index contributed by atoms with van der Waals surface area (Å²) in [7, 11) is 0. The highest BCUT2D eigenvalue weighted by molar-refractivity contribution is 5.86. The molecule has 6 heteroatoms. The average Bonchev–Trinajstić information content (AvgIpc) is 2.72. The fourth-order valence-corrected chi connectivity index (χ4v) is 1.91. The Labute approximate surface area is 109 Å². The van der Waals surface area contributed by atoms with Crippen LogP contribution in [-0.4, -0.2) is 41.1 Å². The van der Waals surface area contributed by atoms with Gasteiger partial charge in [-0.05, 0) is 24.3 Å². The number of ether oxygens (including phenoxy) is 1. The van der Waals surface area contributed by atoms with E-state index in [1.807, 2.05) is 6.07 Å². The van der Waals surface area contributed by atoms with Gasteiger partial charge in [0, 0.05) is 13.0 Å². The standard InChI is InChI=1S/C13H12N2O4/c14-7-9-1-3-10(4-2-9)19-11-5-6-15(13(11)18)8-12(16)17/h1-4,11H,5-6,8H2,(H,16,17). The Hall–Kier alpha value is -2.55. The van der Waals surface area contributed by atoms with Crippen LogP contribution in [0.25, 0.3) is 0 Å². The van der Waals surface area contributed by atoms with Gasteiger partial charge in [-0.1, -0.05) is 0 Å². The topological polar surface area (TPSA) is 90.6 Å². The zero-order valence-electron chi connectivity index (χ0n) is 10.1. The van der Waals surface area contributed by atoms with E-state index in [2.05, 4.69) is 0 Å². The molecule has 1 aromatic rings. The molecule has 6 nitrogen and oxygen atoms in total. The van der Waals surface area contributed by atoms with E-state index in [-0.39, 0.29) is 12.5 Å². The van der Waals surface area contributed by atoms with Crippen molar-refractivity contribution in [2.75, 3.05) is 13.1 Å². The number of nitriles is 1. The van der Waals surface area contributed by atoms with Crippen LogP contribution in [0.15, 0.2) is 24.3 Å². The number of nitrogens with zero attached hydrogens (tertiary/aromatic N) is 2. The van der Waals surface area contributed by atoms with Crippen LogP contribution >= 0.6 is 0 Å². The number of carboxylic acid groups (broad SMARTS) is 1. The minimum absolute atomic E-state index is 0.300. The second-order valence-electron chi connectivity index (χ2n) is 4.18. The normalized spacial score (nSPS) is 18.2. The SMILES string of the molecule is N#Cc1ccc(OC2CCN(CC(=O)O)C2=O)cc1. The number of hydrogen-bond acceptors (Lipinski definition) is 4. The van der Waals surface area contributed by atoms with Crippen LogP contribution in [0.2, 0.25) is 0 Å². The van der Waals surface area contributed by atoms with Crippen LogP contribution in [0.5, 0.6) is 5.75 Å². The Bertz CT molecular complexity index is 533. The van der Waals surface area contributed by atoms with Crippen molar-refractivity contribution in [2.45, 2.75) is 12.5 Å². The molecule has 0 bridgehead atoms. The number of aliphatic carboxylic acids is 1. The van der Waals surface area contributed by atoms with E-state index in [4.69, 9.17) is 15.1 Å². The molecule has 98 valence electrons. The molecular formula is C13H12N2O4. The van der Waals surface area contributed by atoms with Gasteiger partial charge in [-0.3, -0.25) is 9.59 Å². The molecule has 1 aliphatic heterocycles. The number of likely N-dealkylation sites (tertiary alicyclic amines) is 1. The summed E-state index contributed by atoms with van der Waals surface area (Å²) in [4.78, 5) is 23.7. The number of carbonyl (C=O) groups excluding carboxylic acids is 1. The maximum absolute atomic E-state index is 11.9. The molecule has 0 aliphatic carbocycles. The molecule has 0 saturated carbocycles. The van der Waals surface area contributed by atoms with Gasteiger partial charge in [0.05, 0.1) is 11.6 Å². The molecule has 0 radical (unpaired) electrons. The van der Waals surface area contributed by atoms with Crippen molar-refractivity contribution in [1.82, 2.24) is 4.90 Å². The quantitative estimate of drug-likeness (QED) is 0.857. The van der Waals surface area contributed by atoms with E-state index in [1.165, 1.54) is 4.90 Å². The fourth-order valence-electron chi connectivity index (χ4n) is 1.91. The van der Waals surface area contributed by atoms with E-state index < -0.39 is 12.1 Å². The average molecular weight is 260 g/mol. The molecule has 1 unspecified atom stereocenters. The Kier molecular flexibility index (Phi) is 3.66. The lowest BCUT2D eigenvalue weighted by Gasteiger charge is -2.15. The van der Waals surface area contributed by atoms with Crippen LogP contribution in [-0.2, 0) is 9.59 Å². The molecule has 1 atom stereocenters. The highest BCUT2D eigenvalue weighted by Crippen LogP contribution is 2.19. The minimum atomic E-state index is -1.03. The number of carbonyl (C=O) groups is 2. The van der Waals surface area contributed by atoms with E-state index in [0.29, 0.717) is 24.3 Å². The number of carboxylic acids is 1. The minimum Gasteiger partial charge on any atom is -0.481 e. The van der Waals surface area contributed by atoms with Crippen LogP contribution in [0, 0.1) is 11.3 Å². The lowest BCUT2D eigenvalue weighted by molar-refractivity contribution is -0.144. The molecule has 2 rings (SSSR count). The first-order valence-electron chi connectivity index (χ1n) is 5.77. The monoisotopic (exact) mass is 260 g/mol. The number of rotatable bonds is 4. The van der Waals surface area contributed by atoms with Gasteiger partial charge in [0.15, 0.2) is 6.10 Å². The fraction of sp³-hybridized carbons (Fsp3) is 0.308. The first-order chi connectivity index (χ1) is 9.10. The largest absolute Gasteiger partial charge is 0.481 e. The summed E-state index contributed by atoms with van der Waals surface area (Å²) in [6.45, 7) is 0.0815. The lowest BCUT2D eigenvalue weighted by Crippen LogP contribution is -2.35. The van der Waals surface area contributed by atoms with Gasteiger partial charge in [0.1, 0.15) is 12.3 Å². The Morgan fingerprint density at radius 3 is 2.74 bits per heavy atom. The van der Waals surface area contributed by atoms with E-state index >= 15 is 0 Å². The second kappa shape index (κ2) is 5.40. The third-order valence-electron chi connectivity index (χ3n) is 2.84. The lowest BCUT2D eigenvalue weighted by atomic mass is 10.2. The highest BCUT2D eigenvalue weighted by Gasteiger charge is 2.34. The number of benzene rings is 1. The van der Waals surface area contributed by atoms with Crippen molar-refractivity contribution < 1.29 is 19.4 Å². The Morgan fingerprint density at radius 1 is 1.47 bits per heavy atom. The van der Waals surface area contributed by atoms with Gasteiger partial charge in [0.2, 0.25) is 0 Å². The van der Waals surface area contributed by atoms with Crippen LogP contribution < -0.4 is 4.74 Å². The predicted octanol–water partition coefficient (Wildman–Crippen LogP) is 0.623. The van der Waals surface area contributed by atoms with E-state index in [9.17, 15) is 9.59 Å². The third-order valence-corrected chi connectivity index (χ3v) is 2.84. The van der Waals surface area contributed by atoms with Crippen molar-refractivity contribution in [1.29, 1.82) is 5.26 Å². The molecule has 0 aromatic heterocycles. The second-order valence-corrected chi connectivity index (χ2v) is 4.18. The predicted molar refractivity (Wildman–Crippen MR) is 64.4 cm³/mol. The van der Waals surface area contributed by atoms with Crippen molar-refractivity contribution in [2.24, 2.45) is 0 Å². The van der Waals surface area contributed by atoms with Gasteiger partial charge < -0.3 is 14.7 Å². The summed E-state index contributed by atoms with van der Waals surface area (Å²) in [6, 6.07) is 8.42. The summed E-state index contributed by atoms with van der Waals surface area (Å²) in [5.74, 6) is -0.853. The van der Waals surface area contributed by atoms with Crippen LogP contribution in [0.4, 0.5) is 0 Å². The van der Waals surface area contributed by atoms with Crippen molar-refractivity contribution in [3.63, 3.8) is 0 Å². The summed E-state index contributed by atoms with van der Waals surface area (Å²) in [6.07, 6.45) is -0.182. The molecule has 1 fully saturated rings. The molecule has 1 heterocycles. The van der Waals surface area contributed by atoms with E-state index in [0.717, 1.165) is 0 Å². The van der Waals surface area contributed by atoms with Crippen molar-refractivity contribution >= 4 is 11.9 Å². The van der Waals surface area contributed by atoms with Gasteiger partial charge in [-0.15, -0.1) is 0 Å². The first kappa shape index (κ1) is 12.9. The van der Waals surface area contributed by atoms with Gasteiger partial charge in [-0.25, -0.2) is 0 Å². The highest BCUT2D eigenvalue weighted by atomic mass is 16.5. The van der Waals surface area contributed by atoms with E-state index in [1.54, 1.807) is 24.3 Å². The van der Waals surface area contributed by atoms with Gasteiger partial charge in [-0.2, -0.15) is 5.26 Å². The summed E-state index contributed by atoms with van der Waals surface area (Å²) in [5, 5.41) is 17.3. The maximum atomic E-state index is 11.9. The number of amides is 1. The molecule has 1 amide bonds. The van der Waals surface area contributed by atoms with Crippen molar-refractivity contribution in [3.8, 4) is 11.8 Å². The molecule has 1 aromatic carbocycles.